The van der Waals surface area contributed by atoms with Gasteiger partial charge in [0.2, 0.25) is 11.9 Å². The smallest absolute Gasteiger partial charge is 0.306 e. The number of hydrogen-bond donors (Lipinski definition) is 2. The van der Waals surface area contributed by atoms with E-state index in [1.807, 2.05) is 19.9 Å². The van der Waals surface area contributed by atoms with Gasteiger partial charge in [-0.25, -0.2) is 15.0 Å². The first kappa shape index (κ1) is 20.4. The van der Waals surface area contributed by atoms with Crippen LogP contribution in [-0.2, 0) is 16.0 Å². The lowest BCUT2D eigenvalue weighted by molar-refractivity contribution is -0.143. The van der Waals surface area contributed by atoms with Crippen LogP contribution in [-0.4, -0.2) is 32.5 Å². The minimum Gasteiger partial charge on any atom is -0.466 e. The van der Waals surface area contributed by atoms with Gasteiger partial charge < -0.3 is 4.74 Å². The molecule has 0 saturated carbocycles. The van der Waals surface area contributed by atoms with Crippen molar-refractivity contribution in [2.24, 2.45) is 0 Å². The fourth-order valence-electron chi connectivity index (χ4n) is 3.13. The zero-order chi connectivity index (χ0) is 21.1. The number of carbonyl (C=O) groups is 1. The van der Waals surface area contributed by atoms with E-state index >= 15 is 0 Å². The number of nitrogens with one attached hydrogen (secondary N) is 2. The Labute approximate surface area is 168 Å². The van der Waals surface area contributed by atoms with Gasteiger partial charge in [0.15, 0.2) is 0 Å². The molecule has 0 saturated heterocycles. The molecule has 0 fully saturated rings. The lowest BCUT2D eigenvalue weighted by atomic mass is 10.1. The summed E-state index contributed by atoms with van der Waals surface area (Å²) in [4.78, 5) is 40.1. The third-order valence-corrected chi connectivity index (χ3v) is 4.84. The first-order valence-corrected chi connectivity index (χ1v) is 9.56. The average molecular weight is 395 g/mol. The van der Waals surface area contributed by atoms with Crippen molar-refractivity contribution < 1.29 is 9.53 Å². The van der Waals surface area contributed by atoms with Gasteiger partial charge in [0, 0.05) is 23.1 Å². The van der Waals surface area contributed by atoms with Gasteiger partial charge in [0.25, 0.3) is 5.56 Å². The summed E-state index contributed by atoms with van der Waals surface area (Å²) in [5.41, 5.74) is 4.71. The van der Waals surface area contributed by atoms with Crippen molar-refractivity contribution in [1.29, 1.82) is 0 Å². The minimum absolute atomic E-state index is 0.137. The van der Waals surface area contributed by atoms with E-state index in [1.54, 1.807) is 13.8 Å². The van der Waals surface area contributed by atoms with E-state index < -0.39 is 0 Å². The highest BCUT2D eigenvalue weighted by atomic mass is 16.5. The molecular weight excluding hydrogens is 370 g/mol. The van der Waals surface area contributed by atoms with Crippen molar-refractivity contribution in [2.75, 3.05) is 11.9 Å². The molecule has 0 spiro atoms. The number of carbonyl (C=O) groups excluding carboxylic acids is 1. The minimum atomic E-state index is -0.334. The van der Waals surface area contributed by atoms with Crippen molar-refractivity contribution in [2.45, 2.75) is 47.5 Å². The van der Waals surface area contributed by atoms with Gasteiger partial charge in [-0.15, -0.1) is 0 Å². The molecule has 0 aliphatic heterocycles. The Bertz CT molecular complexity index is 1140. The third kappa shape index (κ3) is 4.59. The zero-order valence-corrected chi connectivity index (χ0v) is 17.3. The maximum absolute atomic E-state index is 12.5. The van der Waals surface area contributed by atoms with Gasteiger partial charge in [-0.05, 0) is 64.3 Å². The Balaban J connectivity index is 1.86. The van der Waals surface area contributed by atoms with E-state index in [1.165, 1.54) is 5.56 Å². The number of H-pyrrole nitrogens is 1. The van der Waals surface area contributed by atoms with Crippen molar-refractivity contribution >= 4 is 28.8 Å². The molecule has 0 atom stereocenters. The number of ether oxygens (including phenoxy) is 1. The summed E-state index contributed by atoms with van der Waals surface area (Å²) in [6.45, 7) is 9.82. The predicted molar refractivity (Wildman–Crippen MR) is 112 cm³/mol. The Morgan fingerprint density at radius 2 is 1.79 bits per heavy atom. The van der Waals surface area contributed by atoms with Crippen LogP contribution in [0.3, 0.4) is 0 Å². The number of aryl methyl sites for hydroxylation is 4. The number of anilines is 2. The Hall–Kier alpha value is -3.29. The quantitative estimate of drug-likeness (QED) is 0.617. The molecular formula is C21H25N5O3. The van der Waals surface area contributed by atoms with Crippen molar-refractivity contribution in [3.63, 3.8) is 0 Å². The summed E-state index contributed by atoms with van der Waals surface area (Å²) in [6.07, 6.45) is 0.412. The Morgan fingerprint density at radius 1 is 1.07 bits per heavy atom. The number of aromatic amines is 1. The molecule has 2 heterocycles. The fourth-order valence-corrected chi connectivity index (χ4v) is 3.13. The van der Waals surface area contributed by atoms with Crippen LogP contribution in [0, 0.1) is 27.7 Å². The number of fused-ring (bicyclic) bond motifs is 1. The molecule has 0 amide bonds. The van der Waals surface area contributed by atoms with Crippen LogP contribution >= 0.6 is 0 Å². The Kier molecular flexibility index (Phi) is 5.91. The zero-order valence-electron chi connectivity index (χ0n) is 17.3. The van der Waals surface area contributed by atoms with Crippen LogP contribution in [0.2, 0.25) is 0 Å². The molecule has 29 heavy (non-hydrogen) atoms. The topological polar surface area (TPSA) is 110 Å². The fraction of sp³-hybridized carbons (Fsp3) is 0.381. The van der Waals surface area contributed by atoms with Gasteiger partial charge in [0.1, 0.15) is 0 Å². The SMILES string of the molecule is CCOC(=O)CCc1c(C)nc(Nc2nc(C)c3cc(C)c(C)cc3n2)[nH]c1=O. The van der Waals surface area contributed by atoms with Crippen LogP contribution in [0.15, 0.2) is 16.9 Å². The first-order valence-electron chi connectivity index (χ1n) is 9.56. The van der Waals surface area contributed by atoms with Crippen LogP contribution in [0.1, 0.15) is 41.4 Å². The first-order chi connectivity index (χ1) is 13.8. The molecule has 152 valence electrons. The molecule has 3 aromatic rings. The second kappa shape index (κ2) is 8.38. The maximum atomic E-state index is 12.5. The highest BCUT2D eigenvalue weighted by molar-refractivity contribution is 5.83. The Morgan fingerprint density at radius 3 is 2.48 bits per heavy atom. The van der Waals surface area contributed by atoms with Gasteiger partial charge in [-0.2, -0.15) is 0 Å². The van der Waals surface area contributed by atoms with Gasteiger partial charge >= 0.3 is 5.97 Å². The van der Waals surface area contributed by atoms with Crippen molar-refractivity contribution in [3.05, 3.63) is 50.6 Å². The van der Waals surface area contributed by atoms with Crippen molar-refractivity contribution in [1.82, 2.24) is 19.9 Å². The lowest BCUT2D eigenvalue weighted by Crippen LogP contribution is -2.20. The monoisotopic (exact) mass is 395 g/mol. The highest BCUT2D eigenvalue weighted by Crippen LogP contribution is 2.22. The number of benzene rings is 1. The molecule has 3 rings (SSSR count). The summed E-state index contributed by atoms with van der Waals surface area (Å²) >= 11 is 0. The van der Waals surface area contributed by atoms with E-state index in [2.05, 4.69) is 38.2 Å². The number of aromatic nitrogens is 4. The van der Waals surface area contributed by atoms with Crippen LogP contribution in [0.5, 0.6) is 0 Å². The van der Waals surface area contributed by atoms with E-state index in [9.17, 15) is 9.59 Å². The number of nitrogens with zero attached hydrogens (tertiary/aromatic N) is 3. The van der Waals surface area contributed by atoms with E-state index in [4.69, 9.17) is 4.74 Å². The normalized spacial score (nSPS) is 10.9. The predicted octanol–water partition coefficient (Wildman–Crippen LogP) is 3.19. The molecule has 0 unspecified atom stereocenters. The van der Waals surface area contributed by atoms with Crippen molar-refractivity contribution in [3.8, 4) is 0 Å². The van der Waals surface area contributed by atoms with Gasteiger partial charge in [0.05, 0.1) is 17.8 Å². The molecule has 8 nitrogen and oxygen atoms in total. The van der Waals surface area contributed by atoms with E-state index in [-0.39, 0.29) is 30.3 Å². The average Bonchev–Trinajstić information content (AvgIpc) is 2.63. The molecule has 0 radical (unpaired) electrons. The highest BCUT2D eigenvalue weighted by Gasteiger charge is 2.13. The molecule has 0 aliphatic rings. The number of esters is 1. The van der Waals surface area contributed by atoms with Crippen LogP contribution < -0.4 is 10.9 Å². The summed E-state index contributed by atoms with van der Waals surface area (Å²) in [5, 5.41) is 3.98. The van der Waals surface area contributed by atoms with E-state index in [0.29, 0.717) is 23.8 Å². The number of rotatable bonds is 6. The third-order valence-electron chi connectivity index (χ3n) is 4.84. The molecule has 1 aromatic carbocycles. The lowest BCUT2D eigenvalue weighted by Gasteiger charge is -2.11. The second-order valence-corrected chi connectivity index (χ2v) is 6.99. The summed E-state index contributed by atoms with van der Waals surface area (Å²) in [6, 6.07) is 4.09. The standard InChI is InChI=1S/C21H25N5O3/c1-6-29-18(27)8-7-15-13(4)22-21(25-19(15)28)26-20-23-14(5)16-9-11(2)12(3)10-17(16)24-20/h9-10H,6-8H2,1-5H3,(H2,22,23,24,25,26,28). The molecule has 0 bridgehead atoms. The van der Waals surface area contributed by atoms with Crippen LogP contribution in [0.25, 0.3) is 10.9 Å². The molecule has 2 aromatic heterocycles. The summed E-state index contributed by atoms with van der Waals surface area (Å²) < 4.78 is 4.91. The second-order valence-electron chi connectivity index (χ2n) is 6.99. The maximum Gasteiger partial charge on any atom is 0.306 e. The van der Waals surface area contributed by atoms with Crippen LogP contribution in [0.4, 0.5) is 11.9 Å². The molecule has 2 N–H and O–H groups in total. The van der Waals surface area contributed by atoms with Gasteiger partial charge in [-0.3, -0.25) is 19.9 Å². The number of hydrogen-bond acceptors (Lipinski definition) is 7. The molecule has 0 aliphatic carbocycles. The largest absolute Gasteiger partial charge is 0.466 e. The van der Waals surface area contributed by atoms with Gasteiger partial charge in [-0.1, -0.05) is 0 Å². The summed E-state index contributed by atoms with van der Waals surface area (Å²) in [7, 11) is 0. The summed E-state index contributed by atoms with van der Waals surface area (Å²) in [5.74, 6) is 0.286. The van der Waals surface area contributed by atoms with E-state index in [0.717, 1.165) is 22.2 Å². The molecule has 8 heteroatoms.